The van der Waals surface area contributed by atoms with Crippen LogP contribution in [0.15, 0.2) is 34.8 Å². The van der Waals surface area contributed by atoms with Gasteiger partial charge in [-0.1, -0.05) is 39.1 Å². The maximum atomic E-state index is 6.22. The number of anilines is 1. The molecule has 1 heterocycles. The third-order valence-corrected chi connectivity index (χ3v) is 4.17. The summed E-state index contributed by atoms with van der Waals surface area (Å²) in [6.07, 6.45) is 0. The van der Waals surface area contributed by atoms with Crippen molar-refractivity contribution in [1.29, 1.82) is 0 Å². The standard InChI is InChI=1S/C15H12BrCl2NO2/c16-10-1-2-11(17)13(7-10)19-8-9-5-12(18)15-14(6-9)20-3-4-21-15/h1-2,5-7,19H,3-4,8H2. The lowest BCUT2D eigenvalue weighted by atomic mass is 10.2. The molecule has 1 aliphatic rings. The number of nitrogens with one attached hydrogen (secondary N) is 1. The lowest BCUT2D eigenvalue weighted by Gasteiger charge is -2.20. The number of hydrogen-bond acceptors (Lipinski definition) is 3. The van der Waals surface area contributed by atoms with Gasteiger partial charge in [0.25, 0.3) is 0 Å². The summed E-state index contributed by atoms with van der Waals surface area (Å²) in [4.78, 5) is 0. The summed E-state index contributed by atoms with van der Waals surface area (Å²) in [6, 6.07) is 9.47. The molecule has 2 aromatic rings. The first-order valence-corrected chi connectivity index (χ1v) is 7.95. The second-order valence-corrected chi connectivity index (χ2v) is 6.31. The lowest BCUT2D eigenvalue weighted by molar-refractivity contribution is 0.171. The topological polar surface area (TPSA) is 30.5 Å². The van der Waals surface area contributed by atoms with E-state index in [-0.39, 0.29) is 0 Å². The molecule has 110 valence electrons. The first-order chi connectivity index (χ1) is 10.1. The van der Waals surface area contributed by atoms with Crippen LogP contribution in [0.2, 0.25) is 10.0 Å². The lowest BCUT2D eigenvalue weighted by Crippen LogP contribution is -2.16. The van der Waals surface area contributed by atoms with Gasteiger partial charge in [-0.2, -0.15) is 0 Å². The number of rotatable bonds is 3. The van der Waals surface area contributed by atoms with E-state index >= 15 is 0 Å². The molecule has 0 spiro atoms. The summed E-state index contributed by atoms with van der Waals surface area (Å²) in [5, 5.41) is 4.52. The van der Waals surface area contributed by atoms with Gasteiger partial charge in [0.2, 0.25) is 0 Å². The van der Waals surface area contributed by atoms with Crippen LogP contribution in [0.1, 0.15) is 5.56 Å². The zero-order valence-electron chi connectivity index (χ0n) is 11.0. The zero-order chi connectivity index (χ0) is 14.8. The zero-order valence-corrected chi connectivity index (χ0v) is 14.1. The minimum absolute atomic E-state index is 0.526. The van der Waals surface area contributed by atoms with Gasteiger partial charge in [0.15, 0.2) is 11.5 Å². The Kier molecular flexibility index (Phi) is 4.48. The molecule has 0 radical (unpaired) electrons. The Labute approximate surface area is 141 Å². The first kappa shape index (κ1) is 14.8. The fourth-order valence-corrected chi connectivity index (χ4v) is 2.93. The van der Waals surface area contributed by atoms with E-state index in [1.807, 2.05) is 30.3 Å². The van der Waals surface area contributed by atoms with Crippen molar-refractivity contribution in [3.63, 3.8) is 0 Å². The summed E-state index contributed by atoms with van der Waals surface area (Å²) >= 11 is 15.8. The van der Waals surface area contributed by atoms with E-state index < -0.39 is 0 Å². The summed E-state index contributed by atoms with van der Waals surface area (Å²) in [7, 11) is 0. The largest absolute Gasteiger partial charge is 0.486 e. The fourth-order valence-electron chi connectivity index (χ4n) is 2.10. The van der Waals surface area contributed by atoms with Crippen molar-refractivity contribution in [2.75, 3.05) is 18.5 Å². The van der Waals surface area contributed by atoms with Crippen molar-refractivity contribution < 1.29 is 9.47 Å². The van der Waals surface area contributed by atoms with E-state index in [0.717, 1.165) is 15.7 Å². The SMILES string of the molecule is Clc1ccc(Br)cc1NCc1cc(Cl)c2c(c1)OCCO2. The van der Waals surface area contributed by atoms with E-state index in [1.165, 1.54) is 0 Å². The minimum Gasteiger partial charge on any atom is -0.486 e. The van der Waals surface area contributed by atoms with Crippen LogP contribution in [0, 0.1) is 0 Å². The van der Waals surface area contributed by atoms with Crippen LogP contribution in [0.25, 0.3) is 0 Å². The Morgan fingerprint density at radius 3 is 2.71 bits per heavy atom. The molecule has 6 heteroatoms. The average molecular weight is 389 g/mol. The van der Waals surface area contributed by atoms with Gasteiger partial charge in [-0.15, -0.1) is 0 Å². The first-order valence-electron chi connectivity index (χ1n) is 6.40. The molecular weight excluding hydrogens is 377 g/mol. The second kappa shape index (κ2) is 6.34. The Hall–Kier alpha value is -1.10. The molecule has 0 bridgehead atoms. The van der Waals surface area contributed by atoms with E-state index in [2.05, 4.69) is 21.2 Å². The highest BCUT2D eigenvalue weighted by Gasteiger charge is 2.16. The van der Waals surface area contributed by atoms with Crippen LogP contribution in [0.3, 0.4) is 0 Å². The van der Waals surface area contributed by atoms with E-state index in [4.69, 9.17) is 32.7 Å². The van der Waals surface area contributed by atoms with Crippen LogP contribution in [-0.2, 0) is 6.54 Å². The molecule has 1 N–H and O–H groups in total. The number of benzene rings is 2. The second-order valence-electron chi connectivity index (χ2n) is 4.58. The van der Waals surface area contributed by atoms with Crippen LogP contribution in [0.5, 0.6) is 11.5 Å². The highest BCUT2D eigenvalue weighted by molar-refractivity contribution is 9.10. The van der Waals surface area contributed by atoms with Crippen molar-refractivity contribution in [2.45, 2.75) is 6.54 Å². The fraction of sp³-hybridized carbons (Fsp3) is 0.200. The van der Waals surface area contributed by atoms with Crippen molar-refractivity contribution >= 4 is 44.8 Å². The van der Waals surface area contributed by atoms with Crippen molar-refractivity contribution in [3.8, 4) is 11.5 Å². The molecule has 1 aliphatic heterocycles. The molecule has 0 aliphatic carbocycles. The molecular formula is C15H12BrCl2NO2. The number of ether oxygens (including phenoxy) is 2. The summed E-state index contributed by atoms with van der Waals surface area (Å²) in [5.74, 6) is 1.30. The highest BCUT2D eigenvalue weighted by atomic mass is 79.9. The molecule has 21 heavy (non-hydrogen) atoms. The van der Waals surface area contributed by atoms with Crippen LogP contribution in [-0.4, -0.2) is 13.2 Å². The Balaban J connectivity index is 1.79. The molecule has 0 amide bonds. The monoisotopic (exact) mass is 387 g/mol. The molecule has 0 aromatic heterocycles. The van der Waals surface area contributed by atoms with Crippen LogP contribution >= 0.6 is 39.1 Å². The van der Waals surface area contributed by atoms with Crippen LogP contribution in [0.4, 0.5) is 5.69 Å². The van der Waals surface area contributed by atoms with E-state index in [9.17, 15) is 0 Å². The number of fused-ring (bicyclic) bond motifs is 1. The van der Waals surface area contributed by atoms with Gasteiger partial charge in [0, 0.05) is 11.0 Å². The van der Waals surface area contributed by atoms with Gasteiger partial charge in [-0.25, -0.2) is 0 Å². The normalized spacial score (nSPS) is 13.1. The minimum atomic E-state index is 0.526. The molecule has 0 unspecified atom stereocenters. The Bertz CT molecular complexity index is 679. The third kappa shape index (κ3) is 3.39. The van der Waals surface area contributed by atoms with Gasteiger partial charge >= 0.3 is 0 Å². The van der Waals surface area contributed by atoms with E-state index in [0.29, 0.717) is 41.3 Å². The highest BCUT2D eigenvalue weighted by Crippen LogP contribution is 2.38. The van der Waals surface area contributed by atoms with Gasteiger partial charge in [0.05, 0.1) is 15.7 Å². The smallest absolute Gasteiger partial charge is 0.179 e. The molecule has 3 rings (SSSR count). The van der Waals surface area contributed by atoms with Crippen molar-refractivity contribution in [3.05, 3.63) is 50.4 Å². The van der Waals surface area contributed by atoms with Gasteiger partial charge in [-0.05, 0) is 35.9 Å². The predicted molar refractivity (Wildman–Crippen MR) is 88.9 cm³/mol. The maximum Gasteiger partial charge on any atom is 0.179 e. The predicted octanol–water partition coefficient (Wildman–Crippen LogP) is 5.14. The molecule has 0 saturated heterocycles. The van der Waals surface area contributed by atoms with Crippen molar-refractivity contribution in [2.24, 2.45) is 0 Å². The Morgan fingerprint density at radius 1 is 1.05 bits per heavy atom. The molecule has 0 atom stereocenters. The summed E-state index contributed by atoms with van der Waals surface area (Å²) in [6.45, 7) is 1.65. The van der Waals surface area contributed by atoms with Gasteiger partial charge in [-0.3, -0.25) is 0 Å². The van der Waals surface area contributed by atoms with Gasteiger partial charge < -0.3 is 14.8 Å². The quantitative estimate of drug-likeness (QED) is 0.789. The van der Waals surface area contributed by atoms with Crippen LogP contribution < -0.4 is 14.8 Å². The van der Waals surface area contributed by atoms with E-state index in [1.54, 1.807) is 0 Å². The molecule has 0 saturated carbocycles. The summed E-state index contributed by atoms with van der Waals surface area (Å²) < 4.78 is 12.0. The summed E-state index contributed by atoms with van der Waals surface area (Å²) in [5.41, 5.74) is 1.86. The average Bonchev–Trinajstić information content (AvgIpc) is 2.48. The number of hydrogen-bond donors (Lipinski definition) is 1. The maximum absolute atomic E-state index is 6.22. The molecule has 3 nitrogen and oxygen atoms in total. The molecule has 2 aromatic carbocycles. The van der Waals surface area contributed by atoms with Crippen molar-refractivity contribution in [1.82, 2.24) is 0 Å². The third-order valence-electron chi connectivity index (χ3n) is 3.07. The number of halogens is 3. The molecule has 0 fully saturated rings. The van der Waals surface area contributed by atoms with Gasteiger partial charge in [0.1, 0.15) is 13.2 Å². The Morgan fingerprint density at radius 2 is 1.86 bits per heavy atom.